The Morgan fingerprint density at radius 1 is 1.17 bits per heavy atom. The topological polar surface area (TPSA) is 74.2 Å². The third-order valence-electron chi connectivity index (χ3n) is 5.85. The van der Waals surface area contributed by atoms with Gasteiger partial charge in [0.25, 0.3) is 5.56 Å². The lowest BCUT2D eigenvalue weighted by Crippen LogP contribution is -2.44. The number of H-pyrrole nitrogens is 1. The van der Waals surface area contributed by atoms with Gasteiger partial charge in [0.1, 0.15) is 11.2 Å². The van der Waals surface area contributed by atoms with Crippen molar-refractivity contribution in [3.8, 4) is 0 Å². The summed E-state index contributed by atoms with van der Waals surface area (Å²) in [4.78, 5) is 37.2. The number of nitrogens with one attached hydrogen (secondary N) is 1. The molecular weight excluding hydrogens is 393 g/mol. The molecule has 2 aliphatic rings. The van der Waals surface area contributed by atoms with Crippen molar-refractivity contribution in [2.75, 3.05) is 44.4 Å². The molecule has 2 aromatic heterocycles. The molecule has 9 heteroatoms. The second-order valence-corrected chi connectivity index (χ2v) is 8.61. The van der Waals surface area contributed by atoms with E-state index in [1.807, 2.05) is 15.7 Å². The standard InChI is InChI=1S/C20H22FN5O2S/c1-24-5-7-25(8-6-24)15-10-14-12(9-13(15)21)17(27)16-18(26(14)11-3-4-11)22-20(29-2)23-19(16)28/h9-11H,3-8H2,1-2H3,(H,22,23,28). The number of hydrogen-bond acceptors (Lipinski definition) is 6. The van der Waals surface area contributed by atoms with Gasteiger partial charge in [0.05, 0.1) is 11.2 Å². The highest BCUT2D eigenvalue weighted by atomic mass is 32.2. The zero-order valence-corrected chi connectivity index (χ0v) is 17.2. The Kier molecular flexibility index (Phi) is 4.40. The first kappa shape index (κ1) is 18.6. The van der Waals surface area contributed by atoms with Crippen molar-refractivity contribution in [1.82, 2.24) is 19.4 Å². The van der Waals surface area contributed by atoms with Gasteiger partial charge in [0, 0.05) is 37.6 Å². The molecule has 1 aliphatic carbocycles. The Morgan fingerprint density at radius 2 is 1.90 bits per heavy atom. The van der Waals surface area contributed by atoms with E-state index < -0.39 is 16.8 Å². The maximum Gasteiger partial charge on any atom is 0.265 e. The minimum Gasteiger partial charge on any atom is -0.367 e. The number of benzene rings is 1. The van der Waals surface area contributed by atoms with Crippen LogP contribution < -0.4 is 15.9 Å². The Bertz CT molecular complexity index is 1240. The lowest BCUT2D eigenvalue weighted by Gasteiger charge is -2.34. The Morgan fingerprint density at radius 3 is 2.55 bits per heavy atom. The van der Waals surface area contributed by atoms with Gasteiger partial charge in [-0.15, -0.1) is 0 Å². The quantitative estimate of drug-likeness (QED) is 0.402. The molecular formula is C20H22FN5O2S. The third kappa shape index (κ3) is 3.03. The van der Waals surface area contributed by atoms with E-state index in [0.717, 1.165) is 39.0 Å². The second-order valence-electron chi connectivity index (χ2n) is 7.82. The second kappa shape index (κ2) is 6.84. The summed E-state index contributed by atoms with van der Waals surface area (Å²) in [6.07, 6.45) is 3.74. The number of piperazine rings is 1. The summed E-state index contributed by atoms with van der Waals surface area (Å²) < 4.78 is 17.0. The molecule has 5 rings (SSSR count). The van der Waals surface area contributed by atoms with Crippen molar-refractivity contribution in [2.24, 2.45) is 0 Å². The van der Waals surface area contributed by atoms with Crippen molar-refractivity contribution >= 4 is 39.4 Å². The van der Waals surface area contributed by atoms with Crippen LogP contribution in [0.4, 0.5) is 10.1 Å². The SMILES string of the molecule is CSc1nc2c(c(=O)[nH]1)c(=O)c1cc(F)c(N3CCN(C)CC3)cc1n2C1CC1. The molecule has 0 radical (unpaired) electrons. The highest BCUT2D eigenvalue weighted by molar-refractivity contribution is 7.98. The molecule has 1 aliphatic heterocycles. The predicted octanol–water partition coefficient (Wildman–Crippen LogP) is 2.19. The van der Waals surface area contributed by atoms with Gasteiger partial charge in [0.2, 0.25) is 5.43 Å². The summed E-state index contributed by atoms with van der Waals surface area (Å²) in [6, 6.07) is 3.25. The fourth-order valence-electron chi connectivity index (χ4n) is 4.09. The fourth-order valence-corrected chi connectivity index (χ4v) is 4.46. The number of aromatic nitrogens is 3. The number of pyridine rings is 1. The van der Waals surface area contributed by atoms with Crippen LogP contribution in [0.25, 0.3) is 21.9 Å². The molecule has 1 saturated heterocycles. The van der Waals surface area contributed by atoms with Crippen molar-refractivity contribution < 1.29 is 4.39 Å². The normalized spacial score (nSPS) is 18.1. The maximum absolute atomic E-state index is 15.0. The Hall–Kier alpha value is -2.39. The van der Waals surface area contributed by atoms with Gasteiger partial charge in [-0.25, -0.2) is 9.37 Å². The van der Waals surface area contributed by atoms with E-state index in [1.54, 1.807) is 6.07 Å². The molecule has 2 fully saturated rings. The fraction of sp³-hybridized carbons (Fsp3) is 0.450. The number of anilines is 1. The molecule has 1 aromatic carbocycles. The van der Waals surface area contributed by atoms with Gasteiger partial charge in [0.15, 0.2) is 10.8 Å². The van der Waals surface area contributed by atoms with Crippen LogP contribution in [-0.4, -0.2) is 58.9 Å². The lowest BCUT2D eigenvalue weighted by molar-refractivity contribution is 0.312. The number of rotatable bonds is 3. The van der Waals surface area contributed by atoms with Crippen LogP contribution in [0.2, 0.25) is 0 Å². The summed E-state index contributed by atoms with van der Waals surface area (Å²) >= 11 is 1.32. The van der Waals surface area contributed by atoms with Gasteiger partial charge in [-0.2, -0.15) is 0 Å². The molecule has 0 spiro atoms. The van der Waals surface area contributed by atoms with E-state index in [9.17, 15) is 9.59 Å². The average Bonchev–Trinajstić information content (AvgIpc) is 3.53. The maximum atomic E-state index is 15.0. The van der Waals surface area contributed by atoms with Crippen molar-refractivity contribution in [3.63, 3.8) is 0 Å². The number of nitrogens with zero attached hydrogens (tertiary/aromatic N) is 4. The Balaban J connectivity index is 1.83. The predicted molar refractivity (Wildman–Crippen MR) is 114 cm³/mol. The van der Waals surface area contributed by atoms with E-state index >= 15 is 4.39 Å². The van der Waals surface area contributed by atoms with Gasteiger partial charge in [-0.1, -0.05) is 11.8 Å². The van der Waals surface area contributed by atoms with E-state index in [4.69, 9.17) is 0 Å². The first-order valence-corrected chi connectivity index (χ1v) is 11.0. The molecule has 1 saturated carbocycles. The van der Waals surface area contributed by atoms with Crippen LogP contribution >= 0.6 is 11.8 Å². The molecule has 1 N–H and O–H groups in total. The van der Waals surface area contributed by atoms with Crippen LogP contribution in [0.15, 0.2) is 26.9 Å². The van der Waals surface area contributed by atoms with Gasteiger partial charge in [-0.05, 0) is 38.3 Å². The minimum atomic E-state index is -0.468. The molecule has 7 nitrogen and oxygen atoms in total. The summed E-state index contributed by atoms with van der Waals surface area (Å²) in [6.45, 7) is 3.18. The molecule has 0 unspecified atom stereocenters. The molecule has 0 amide bonds. The van der Waals surface area contributed by atoms with Crippen LogP contribution in [0.5, 0.6) is 0 Å². The zero-order chi connectivity index (χ0) is 20.3. The van der Waals surface area contributed by atoms with Gasteiger partial charge in [-0.3, -0.25) is 9.59 Å². The molecule has 3 heterocycles. The summed E-state index contributed by atoms with van der Waals surface area (Å²) in [5.41, 5.74) is 0.634. The smallest absolute Gasteiger partial charge is 0.265 e. The van der Waals surface area contributed by atoms with E-state index in [-0.39, 0.29) is 16.8 Å². The van der Waals surface area contributed by atoms with E-state index in [2.05, 4.69) is 21.9 Å². The van der Waals surface area contributed by atoms with Crippen molar-refractivity contribution in [2.45, 2.75) is 24.0 Å². The first-order chi connectivity index (χ1) is 14.0. The lowest BCUT2D eigenvalue weighted by atomic mass is 10.1. The molecule has 0 bridgehead atoms. The third-order valence-corrected chi connectivity index (χ3v) is 6.43. The summed E-state index contributed by atoms with van der Waals surface area (Å²) in [5, 5.41) is 0.718. The van der Waals surface area contributed by atoms with Crippen LogP contribution in [0.3, 0.4) is 0 Å². The van der Waals surface area contributed by atoms with Gasteiger partial charge >= 0.3 is 0 Å². The zero-order valence-electron chi connectivity index (χ0n) is 16.4. The molecule has 29 heavy (non-hydrogen) atoms. The number of likely N-dealkylation sites (N-methyl/N-ethyl adjacent to an activating group) is 1. The summed E-state index contributed by atoms with van der Waals surface area (Å²) in [7, 11) is 2.05. The minimum absolute atomic E-state index is 0.00828. The molecule has 3 aromatic rings. The number of hydrogen-bond donors (Lipinski definition) is 1. The van der Waals surface area contributed by atoms with E-state index in [1.165, 1.54) is 17.8 Å². The Labute approximate surface area is 170 Å². The van der Waals surface area contributed by atoms with Gasteiger partial charge < -0.3 is 19.4 Å². The average molecular weight is 415 g/mol. The number of aromatic amines is 1. The van der Waals surface area contributed by atoms with Crippen LogP contribution in [-0.2, 0) is 0 Å². The molecule has 152 valence electrons. The van der Waals surface area contributed by atoms with Crippen molar-refractivity contribution in [3.05, 3.63) is 38.5 Å². The highest BCUT2D eigenvalue weighted by Gasteiger charge is 2.30. The monoisotopic (exact) mass is 415 g/mol. The molecule has 0 atom stereocenters. The highest BCUT2D eigenvalue weighted by Crippen LogP contribution is 2.40. The number of halogens is 1. The number of fused-ring (bicyclic) bond motifs is 2. The summed E-state index contributed by atoms with van der Waals surface area (Å²) in [5.74, 6) is -0.425. The first-order valence-electron chi connectivity index (χ1n) is 9.77. The van der Waals surface area contributed by atoms with Crippen molar-refractivity contribution in [1.29, 1.82) is 0 Å². The number of thioether (sulfide) groups is 1. The van der Waals surface area contributed by atoms with Crippen LogP contribution in [0.1, 0.15) is 18.9 Å². The van der Waals surface area contributed by atoms with E-state index in [0.29, 0.717) is 22.0 Å². The largest absolute Gasteiger partial charge is 0.367 e. The van der Waals surface area contributed by atoms with Crippen LogP contribution in [0, 0.1) is 5.82 Å².